The number of rotatable bonds is 3. The number of nitro groups is 1. The first-order valence-corrected chi connectivity index (χ1v) is 5.69. The first kappa shape index (κ1) is 12.4. The van der Waals surface area contributed by atoms with Gasteiger partial charge in [-0.2, -0.15) is 0 Å². The number of nitro benzene ring substituents is 1. The Kier molecular flexibility index (Phi) is 3.00. The maximum absolute atomic E-state index is 10.9. The standard InChI is InChI=1S/C13H16N3O2/c1-16(2,3)9-10-7-11-5-4-6-12(15(17)18)13(11)14-8-10/h4-8H,9H2,1-3H3/q+1. The molecule has 1 heterocycles. The first-order valence-electron chi connectivity index (χ1n) is 5.69. The Bertz CT molecular complexity index is 603. The van der Waals surface area contributed by atoms with E-state index in [1.165, 1.54) is 6.07 Å². The molecule has 0 N–H and O–H groups in total. The van der Waals surface area contributed by atoms with Crippen LogP contribution >= 0.6 is 0 Å². The molecule has 0 saturated heterocycles. The Morgan fingerprint density at radius 1 is 1.33 bits per heavy atom. The highest BCUT2D eigenvalue weighted by Gasteiger charge is 2.14. The molecule has 18 heavy (non-hydrogen) atoms. The van der Waals surface area contributed by atoms with Crippen molar-refractivity contribution in [1.82, 2.24) is 4.98 Å². The van der Waals surface area contributed by atoms with Crippen molar-refractivity contribution in [3.63, 3.8) is 0 Å². The highest BCUT2D eigenvalue weighted by molar-refractivity contribution is 5.87. The van der Waals surface area contributed by atoms with Gasteiger partial charge in [-0.05, 0) is 6.07 Å². The van der Waals surface area contributed by atoms with Gasteiger partial charge in [-0.1, -0.05) is 12.1 Å². The normalized spacial score (nSPS) is 11.7. The number of non-ortho nitro benzene ring substituents is 1. The van der Waals surface area contributed by atoms with Gasteiger partial charge in [0, 0.05) is 23.2 Å². The smallest absolute Gasteiger partial charge is 0.295 e. The van der Waals surface area contributed by atoms with Crippen LogP contribution < -0.4 is 0 Å². The lowest BCUT2D eigenvalue weighted by molar-refractivity contribution is -0.884. The molecule has 0 aliphatic rings. The third-order valence-electron chi connectivity index (χ3n) is 2.60. The summed E-state index contributed by atoms with van der Waals surface area (Å²) < 4.78 is 0.794. The predicted molar refractivity (Wildman–Crippen MR) is 70.1 cm³/mol. The molecule has 2 rings (SSSR count). The molecule has 0 bridgehead atoms. The van der Waals surface area contributed by atoms with Gasteiger partial charge in [-0.3, -0.25) is 10.1 Å². The second-order valence-corrected chi connectivity index (χ2v) is 5.40. The molecule has 0 aliphatic heterocycles. The molecule has 94 valence electrons. The highest BCUT2D eigenvalue weighted by Crippen LogP contribution is 2.24. The number of fused-ring (bicyclic) bond motifs is 1. The van der Waals surface area contributed by atoms with Crippen LogP contribution in [0.5, 0.6) is 0 Å². The molecule has 1 aromatic carbocycles. The van der Waals surface area contributed by atoms with E-state index in [0.717, 1.165) is 22.0 Å². The molecular weight excluding hydrogens is 230 g/mol. The monoisotopic (exact) mass is 246 g/mol. The van der Waals surface area contributed by atoms with E-state index in [9.17, 15) is 10.1 Å². The lowest BCUT2D eigenvalue weighted by Gasteiger charge is -2.23. The van der Waals surface area contributed by atoms with Crippen molar-refractivity contribution in [3.05, 3.63) is 46.1 Å². The van der Waals surface area contributed by atoms with Gasteiger partial charge in [-0.25, -0.2) is 4.98 Å². The zero-order chi connectivity index (χ0) is 13.3. The molecular formula is C13H16N3O2+. The predicted octanol–water partition coefficient (Wildman–Crippen LogP) is 2.35. The van der Waals surface area contributed by atoms with Crippen LogP contribution in [0.1, 0.15) is 5.56 Å². The Labute approximate surface area is 105 Å². The van der Waals surface area contributed by atoms with Gasteiger partial charge in [0.1, 0.15) is 12.1 Å². The molecule has 5 heteroatoms. The minimum absolute atomic E-state index is 0.0595. The Morgan fingerprint density at radius 3 is 2.67 bits per heavy atom. The number of benzene rings is 1. The van der Waals surface area contributed by atoms with E-state index in [0.29, 0.717) is 5.52 Å². The lowest BCUT2D eigenvalue weighted by Crippen LogP contribution is -2.33. The molecule has 0 fully saturated rings. The van der Waals surface area contributed by atoms with E-state index < -0.39 is 4.92 Å². The minimum Gasteiger partial charge on any atom is -0.327 e. The molecule has 0 radical (unpaired) electrons. The van der Waals surface area contributed by atoms with Gasteiger partial charge >= 0.3 is 0 Å². The van der Waals surface area contributed by atoms with Crippen LogP contribution in [0.2, 0.25) is 0 Å². The Morgan fingerprint density at radius 2 is 2.06 bits per heavy atom. The van der Waals surface area contributed by atoms with E-state index in [-0.39, 0.29) is 5.69 Å². The summed E-state index contributed by atoms with van der Waals surface area (Å²) in [5.74, 6) is 0. The third kappa shape index (κ3) is 2.62. The van der Waals surface area contributed by atoms with Crippen LogP contribution in [0.3, 0.4) is 0 Å². The average Bonchev–Trinajstić information content (AvgIpc) is 2.25. The van der Waals surface area contributed by atoms with E-state index in [1.54, 1.807) is 12.3 Å². The van der Waals surface area contributed by atoms with Crippen LogP contribution in [-0.2, 0) is 6.54 Å². The number of hydrogen-bond acceptors (Lipinski definition) is 3. The van der Waals surface area contributed by atoms with E-state index in [1.807, 2.05) is 12.1 Å². The van der Waals surface area contributed by atoms with Crippen molar-refractivity contribution in [1.29, 1.82) is 0 Å². The first-order chi connectivity index (χ1) is 8.37. The fourth-order valence-corrected chi connectivity index (χ4v) is 1.97. The molecule has 5 nitrogen and oxygen atoms in total. The largest absolute Gasteiger partial charge is 0.327 e. The minimum atomic E-state index is -0.394. The lowest BCUT2D eigenvalue weighted by atomic mass is 10.1. The summed E-state index contributed by atoms with van der Waals surface area (Å²) in [5, 5.41) is 11.7. The van der Waals surface area contributed by atoms with Crippen LogP contribution in [0.15, 0.2) is 30.5 Å². The quantitative estimate of drug-likeness (QED) is 0.474. The molecule has 0 saturated carbocycles. The van der Waals surface area contributed by atoms with Gasteiger partial charge in [-0.15, -0.1) is 0 Å². The van der Waals surface area contributed by atoms with Gasteiger partial charge in [0.15, 0.2) is 0 Å². The zero-order valence-corrected chi connectivity index (χ0v) is 10.8. The van der Waals surface area contributed by atoms with Crippen LogP contribution in [0, 0.1) is 10.1 Å². The van der Waals surface area contributed by atoms with Crippen molar-refractivity contribution in [2.75, 3.05) is 21.1 Å². The van der Waals surface area contributed by atoms with Crippen LogP contribution in [-0.4, -0.2) is 35.5 Å². The summed E-state index contributed by atoms with van der Waals surface area (Å²) in [6, 6.07) is 7.00. The summed E-state index contributed by atoms with van der Waals surface area (Å²) in [4.78, 5) is 14.7. The highest BCUT2D eigenvalue weighted by atomic mass is 16.6. The van der Waals surface area contributed by atoms with E-state index >= 15 is 0 Å². The van der Waals surface area contributed by atoms with Crippen molar-refractivity contribution in [2.45, 2.75) is 6.54 Å². The zero-order valence-electron chi connectivity index (χ0n) is 10.8. The Balaban J connectivity index is 2.50. The maximum Gasteiger partial charge on any atom is 0.295 e. The fourth-order valence-electron chi connectivity index (χ4n) is 1.97. The maximum atomic E-state index is 10.9. The topological polar surface area (TPSA) is 56.0 Å². The summed E-state index contributed by atoms with van der Waals surface area (Å²) in [7, 11) is 6.28. The van der Waals surface area contributed by atoms with Gasteiger partial charge in [0.05, 0.1) is 26.1 Å². The number of aromatic nitrogens is 1. The SMILES string of the molecule is C[N+](C)(C)Cc1cnc2c([N+](=O)[O-])cccc2c1. The number of quaternary nitrogens is 1. The van der Waals surface area contributed by atoms with E-state index in [2.05, 4.69) is 26.1 Å². The van der Waals surface area contributed by atoms with Crippen molar-refractivity contribution in [3.8, 4) is 0 Å². The molecule has 0 spiro atoms. The average molecular weight is 246 g/mol. The number of nitrogens with zero attached hydrogens (tertiary/aromatic N) is 3. The summed E-state index contributed by atoms with van der Waals surface area (Å²) in [6.45, 7) is 0.839. The van der Waals surface area contributed by atoms with Crippen molar-refractivity contribution < 1.29 is 9.41 Å². The van der Waals surface area contributed by atoms with E-state index in [4.69, 9.17) is 0 Å². The van der Waals surface area contributed by atoms with Crippen LogP contribution in [0.25, 0.3) is 10.9 Å². The second-order valence-electron chi connectivity index (χ2n) is 5.40. The third-order valence-corrected chi connectivity index (χ3v) is 2.60. The molecule has 2 aromatic rings. The van der Waals surface area contributed by atoms with Crippen molar-refractivity contribution >= 4 is 16.6 Å². The molecule has 0 amide bonds. The molecule has 0 aliphatic carbocycles. The summed E-state index contributed by atoms with van der Waals surface area (Å²) >= 11 is 0. The second kappa shape index (κ2) is 4.34. The van der Waals surface area contributed by atoms with Gasteiger partial charge < -0.3 is 4.48 Å². The molecule has 0 atom stereocenters. The molecule has 1 aromatic heterocycles. The molecule has 0 unspecified atom stereocenters. The van der Waals surface area contributed by atoms with Crippen LogP contribution in [0.4, 0.5) is 5.69 Å². The Hall–Kier alpha value is -2.01. The summed E-state index contributed by atoms with van der Waals surface area (Å²) in [6.07, 6.45) is 1.72. The van der Waals surface area contributed by atoms with Gasteiger partial charge in [0.25, 0.3) is 5.69 Å². The van der Waals surface area contributed by atoms with Crippen molar-refractivity contribution in [2.24, 2.45) is 0 Å². The fraction of sp³-hybridized carbons (Fsp3) is 0.308. The number of hydrogen-bond donors (Lipinski definition) is 0. The number of para-hydroxylation sites is 1. The summed E-state index contributed by atoms with van der Waals surface area (Å²) in [5.41, 5.74) is 1.59. The number of pyridine rings is 1. The van der Waals surface area contributed by atoms with Gasteiger partial charge in [0.2, 0.25) is 0 Å².